The van der Waals surface area contributed by atoms with E-state index in [1.54, 1.807) is 18.4 Å². The van der Waals surface area contributed by atoms with Crippen LogP contribution in [0, 0.1) is 6.92 Å². The molecule has 2 N–H and O–H groups in total. The molecule has 21 heavy (non-hydrogen) atoms. The maximum absolute atomic E-state index is 12.3. The van der Waals surface area contributed by atoms with Crippen molar-refractivity contribution < 1.29 is 18.3 Å². The van der Waals surface area contributed by atoms with Gasteiger partial charge in [0, 0.05) is 12.7 Å². The van der Waals surface area contributed by atoms with Crippen LogP contribution in [0.3, 0.4) is 0 Å². The molecule has 0 saturated heterocycles. The normalized spacial score (nSPS) is 14.9. The maximum atomic E-state index is 12.3. The summed E-state index contributed by atoms with van der Waals surface area (Å²) in [5.41, 5.74) is -1.53. The third-order valence-corrected chi connectivity index (χ3v) is 4.74. The predicted molar refractivity (Wildman–Crippen MR) is 78.5 cm³/mol. The molecule has 1 aromatic heterocycles. The van der Waals surface area contributed by atoms with Crippen LogP contribution in [0.5, 0.6) is 0 Å². The average molecular weight is 317 g/mol. The van der Waals surface area contributed by atoms with Gasteiger partial charge in [0.05, 0.1) is 0 Å². The highest BCUT2D eigenvalue weighted by Gasteiger charge is 2.38. The minimum absolute atomic E-state index is 0.142. The van der Waals surface area contributed by atoms with Gasteiger partial charge in [-0.05, 0) is 26.7 Å². The molecule has 0 radical (unpaired) electrons. The zero-order chi connectivity index (χ0) is 16.3. The van der Waals surface area contributed by atoms with Gasteiger partial charge in [-0.3, -0.25) is 4.79 Å². The number of carbonyl (C=O) groups is 1. The molecular weight excluding hydrogens is 294 g/mol. The molecule has 1 heterocycles. The van der Waals surface area contributed by atoms with Crippen LogP contribution in [0.15, 0.2) is 11.2 Å². The molecule has 0 saturated carbocycles. The highest BCUT2D eigenvalue weighted by molar-refractivity contribution is 7.89. The van der Waals surface area contributed by atoms with Crippen molar-refractivity contribution in [2.45, 2.75) is 64.1 Å². The molecule has 0 bridgehead atoms. The Balaban J connectivity index is 3.10. The Morgan fingerprint density at radius 2 is 2.05 bits per heavy atom. The van der Waals surface area contributed by atoms with Gasteiger partial charge in [0.25, 0.3) is 10.0 Å². The lowest BCUT2D eigenvalue weighted by molar-refractivity contribution is -0.143. The predicted octanol–water partition coefficient (Wildman–Crippen LogP) is 1.52. The number of aryl methyl sites for hydroxylation is 2. The molecule has 1 rings (SSSR count). The summed E-state index contributed by atoms with van der Waals surface area (Å²) >= 11 is 0. The number of aliphatic carboxylic acids is 1. The number of nitrogens with zero attached hydrogens (tertiary/aromatic N) is 2. The topological polar surface area (TPSA) is 101 Å². The zero-order valence-electron chi connectivity index (χ0n) is 12.9. The van der Waals surface area contributed by atoms with Crippen molar-refractivity contribution in [1.82, 2.24) is 14.3 Å². The van der Waals surface area contributed by atoms with Gasteiger partial charge in [0.15, 0.2) is 5.03 Å². The molecule has 0 aliphatic rings. The second kappa shape index (κ2) is 6.57. The monoisotopic (exact) mass is 317 g/mol. The molecule has 0 aliphatic heterocycles. The van der Waals surface area contributed by atoms with Crippen molar-refractivity contribution >= 4 is 16.0 Å². The Kier molecular flexibility index (Phi) is 5.52. The second-order valence-electron chi connectivity index (χ2n) is 5.31. The number of hydrogen-bond acceptors (Lipinski definition) is 4. The summed E-state index contributed by atoms with van der Waals surface area (Å²) in [7, 11) is -3.97. The van der Waals surface area contributed by atoms with Crippen LogP contribution in [-0.4, -0.2) is 34.6 Å². The van der Waals surface area contributed by atoms with Gasteiger partial charge >= 0.3 is 5.97 Å². The lowest BCUT2D eigenvalue weighted by atomic mass is 9.98. The minimum atomic E-state index is -3.97. The van der Waals surface area contributed by atoms with Crippen LogP contribution in [0.4, 0.5) is 0 Å². The standard InChI is InChI=1S/C13H23N3O4S/c1-5-7-13(4,12(17)18)15-21(19,20)11-9-16(8-6-2)10(3)14-11/h9,15H,5-8H2,1-4H3,(H,17,18). The highest BCUT2D eigenvalue weighted by Crippen LogP contribution is 2.18. The number of hydrogen-bond donors (Lipinski definition) is 2. The number of rotatable bonds is 8. The van der Waals surface area contributed by atoms with Crippen LogP contribution >= 0.6 is 0 Å². The number of carboxylic acids is 1. The third-order valence-electron chi connectivity index (χ3n) is 3.28. The van der Waals surface area contributed by atoms with E-state index in [2.05, 4.69) is 9.71 Å². The largest absolute Gasteiger partial charge is 0.480 e. The molecule has 1 atom stereocenters. The fourth-order valence-electron chi connectivity index (χ4n) is 2.13. The van der Waals surface area contributed by atoms with Gasteiger partial charge in [0.1, 0.15) is 11.4 Å². The number of imidazole rings is 1. The Morgan fingerprint density at radius 3 is 2.52 bits per heavy atom. The van der Waals surface area contributed by atoms with Crippen molar-refractivity contribution in [1.29, 1.82) is 0 Å². The molecule has 0 amide bonds. The number of carboxylic acid groups (broad SMARTS) is 1. The third kappa shape index (κ3) is 4.04. The lowest BCUT2D eigenvalue weighted by Crippen LogP contribution is -2.52. The van der Waals surface area contributed by atoms with Crippen molar-refractivity contribution in [3.63, 3.8) is 0 Å². The molecule has 1 unspecified atom stereocenters. The van der Waals surface area contributed by atoms with Gasteiger partial charge in [0.2, 0.25) is 0 Å². The van der Waals surface area contributed by atoms with E-state index in [1.165, 1.54) is 13.1 Å². The first-order chi connectivity index (χ1) is 9.66. The zero-order valence-corrected chi connectivity index (χ0v) is 13.7. The van der Waals surface area contributed by atoms with E-state index >= 15 is 0 Å². The summed E-state index contributed by atoms with van der Waals surface area (Å²) < 4.78 is 28.7. The molecule has 7 nitrogen and oxygen atoms in total. The first-order valence-electron chi connectivity index (χ1n) is 6.97. The fraction of sp³-hybridized carbons (Fsp3) is 0.692. The van der Waals surface area contributed by atoms with E-state index in [0.717, 1.165) is 6.42 Å². The first kappa shape index (κ1) is 17.6. The Hall–Kier alpha value is -1.41. The molecule has 0 aliphatic carbocycles. The van der Waals surface area contributed by atoms with Gasteiger partial charge in [-0.2, -0.15) is 4.72 Å². The fourth-order valence-corrected chi connectivity index (χ4v) is 3.53. The second-order valence-corrected chi connectivity index (χ2v) is 6.94. The van der Waals surface area contributed by atoms with Crippen molar-refractivity contribution in [3.05, 3.63) is 12.0 Å². The van der Waals surface area contributed by atoms with E-state index < -0.39 is 21.5 Å². The van der Waals surface area contributed by atoms with E-state index in [9.17, 15) is 18.3 Å². The summed E-state index contributed by atoms with van der Waals surface area (Å²) in [6, 6.07) is 0. The van der Waals surface area contributed by atoms with E-state index in [0.29, 0.717) is 18.8 Å². The lowest BCUT2D eigenvalue weighted by Gasteiger charge is -2.24. The number of aromatic nitrogens is 2. The summed E-state index contributed by atoms with van der Waals surface area (Å²) in [6.45, 7) is 7.53. The van der Waals surface area contributed by atoms with Crippen LogP contribution < -0.4 is 4.72 Å². The SMILES string of the molecule is CCCn1cc(S(=O)(=O)NC(C)(CCC)C(=O)O)nc1C. The van der Waals surface area contributed by atoms with E-state index in [4.69, 9.17) is 0 Å². The van der Waals surface area contributed by atoms with Crippen molar-refractivity contribution in [2.24, 2.45) is 0 Å². The molecule has 0 fully saturated rings. The van der Waals surface area contributed by atoms with E-state index in [1.807, 2.05) is 6.92 Å². The minimum Gasteiger partial charge on any atom is -0.480 e. The van der Waals surface area contributed by atoms with Crippen LogP contribution in [0.25, 0.3) is 0 Å². The smallest absolute Gasteiger partial charge is 0.324 e. The van der Waals surface area contributed by atoms with Gasteiger partial charge in [-0.1, -0.05) is 20.3 Å². The Labute approximate surface area is 125 Å². The maximum Gasteiger partial charge on any atom is 0.324 e. The molecule has 8 heteroatoms. The van der Waals surface area contributed by atoms with Crippen molar-refractivity contribution in [3.8, 4) is 0 Å². The van der Waals surface area contributed by atoms with E-state index in [-0.39, 0.29) is 11.4 Å². The quantitative estimate of drug-likeness (QED) is 0.757. The van der Waals surface area contributed by atoms with Gasteiger partial charge in [-0.15, -0.1) is 0 Å². The van der Waals surface area contributed by atoms with Crippen LogP contribution in [-0.2, 0) is 21.4 Å². The Morgan fingerprint density at radius 1 is 1.43 bits per heavy atom. The Bertz CT molecular complexity index is 609. The molecular formula is C13H23N3O4S. The summed E-state index contributed by atoms with van der Waals surface area (Å²) in [5, 5.41) is 9.12. The molecule has 0 spiro atoms. The molecule has 0 aromatic carbocycles. The van der Waals surface area contributed by atoms with Gasteiger partial charge in [-0.25, -0.2) is 13.4 Å². The van der Waals surface area contributed by atoms with Gasteiger partial charge < -0.3 is 9.67 Å². The number of nitrogens with one attached hydrogen (secondary N) is 1. The van der Waals surface area contributed by atoms with Crippen LogP contribution in [0.2, 0.25) is 0 Å². The molecule has 120 valence electrons. The number of sulfonamides is 1. The van der Waals surface area contributed by atoms with Crippen LogP contribution in [0.1, 0.15) is 45.9 Å². The first-order valence-corrected chi connectivity index (χ1v) is 8.45. The summed E-state index contributed by atoms with van der Waals surface area (Å²) in [5.74, 6) is -0.609. The summed E-state index contributed by atoms with van der Waals surface area (Å²) in [6.07, 6.45) is 3.05. The average Bonchev–Trinajstić information content (AvgIpc) is 2.72. The highest BCUT2D eigenvalue weighted by atomic mass is 32.2. The van der Waals surface area contributed by atoms with Crippen molar-refractivity contribution in [2.75, 3.05) is 0 Å². The molecule has 1 aromatic rings. The summed E-state index contributed by atoms with van der Waals surface area (Å²) in [4.78, 5) is 15.4.